The number of carbonyl (C=O) groups excluding carboxylic acids is 1. The number of benzene rings is 3. The second-order valence-electron chi connectivity index (χ2n) is 10.8. The Hall–Kier alpha value is -5.06. The molecule has 0 amide bonds. The van der Waals surface area contributed by atoms with Gasteiger partial charge in [0.2, 0.25) is 5.96 Å². The number of thiophene rings is 1. The molecule has 3 aromatic carbocycles. The maximum absolute atomic E-state index is 12.5. The van der Waals surface area contributed by atoms with Crippen molar-refractivity contribution in [2.75, 3.05) is 52.3 Å². The number of nitrogens with one attached hydrogen (secondary N) is 1. The van der Waals surface area contributed by atoms with Crippen LogP contribution in [0.5, 0.6) is 5.75 Å². The normalized spacial score (nSPS) is 14.2. The van der Waals surface area contributed by atoms with Gasteiger partial charge in [0.1, 0.15) is 16.3 Å². The average Bonchev–Trinajstić information content (AvgIpc) is 3.45. The standard InChI is InChI=1S/C36H36N6O3S/c1-4-45-30(43)20-19-29-34(38-36(42-23-21-41(2)22-24-42)37-27-15-17-28(44-3)18-16-27)32-31(25-11-7-5-8-12-25)33(39-40-35(32)46-29)26-13-9-6-10-14-26/h5-20H,4,21-24H2,1-3H3,(H,37,38)/b20-19+. The van der Waals surface area contributed by atoms with E-state index in [-0.39, 0.29) is 0 Å². The lowest BCUT2D eigenvalue weighted by Crippen LogP contribution is -2.49. The molecule has 0 spiro atoms. The molecule has 1 fully saturated rings. The topological polar surface area (TPSA) is 92.2 Å². The second-order valence-corrected chi connectivity index (χ2v) is 11.8. The van der Waals surface area contributed by atoms with Crippen LogP contribution in [0.3, 0.4) is 0 Å². The van der Waals surface area contributed by atoms with Gasteiger partial charge in [-0.25, -0.2) is 9.79 Å². The van der Waals surface area contributed by atoms with Gasteiger partial charge < -0.3 is 24.6 Å². The van der Waals surface area contributed by atoms with Crippen molar-refractivity contribution in [1.29, 1.82) is 0 Å². The summed E-state index contributed by atoms with van der Waals surface area (Å²) in [5.41, 5.74) is 5.25. The van der Waals surface area contributed by atoms with Crippen molar-refractivity contribution in [2.24, 2.45) is 4.99 Å². The van der Waals surface area contributed by atoms with Crippen molar-refractivity contribution in [3.05, 3.63) is 95.9 Å². The number of aromatic nitrogens is 2. The Bertz CT molecular complexity index is 1850. The molecule has 10 heteroatoms. The van der Waals surface area contributed by atoms with Crippen molar-refractivity contribution in [3.8, 4) is 28.1 Å². The van der Waals surface area contributed by atoms with Gasteiger partial charge in [-0.1, -0.05) is 60.7 Å². The van der Waals surface area contributed by atoms with Gasteiger partial charge in [-0.2, -0.15) is 0 Å². The summed E-state index contributed by atoms with van der Waals surface area (Å²) in [6, 6.07) is 28.1. The number of likely N-dealkylation sites (N-methyl/N-ethyl adjacent to an activating group) is 1. The summed E-state index contributed by atoms with van der Waals surface area (Å²) in [7, 11) is 3.79. The van der Waals surface area contributed by atoms with E-state index in [1.165, 1.54) is 17.4 Å². The van der Waals surface area contributed by atoms with E-state index in [9.17, 15) is 4.79 Å². The maximum atomic E-state index is 12.5. The molecule has 0 aliphatic carbocycles. The van der Waals surface area contributed by atoms with Gasteiger partial charge in [0.25, 0.3) is 0 Å². The van der Waals surface area contributed by atoms with Gasteiger partial charge in [0.05, 0.1) is 24.3 Å². The summed E-state index contributed by atoms with van der Waals surface area (Å²) in [6.45, 7) is 5.50. The Kier molecular flexibility index (Phi) is 9.66. The molecule has 6 rings (SSSR count). The minimum absolute atomic E-state index is 0.296. The van der Waals surface area contributed by atoms with Crippen LogP contribution in [0, 0.1) is 0 Å². The molecule has 0 bridgehead atoms. The third-order valence-corrected chi connectivity index (χ3v) is 8.78. The first-order valence-corrected chi connectivity index (χ1v) is 16.1. The first kappa shape index (κ1) is 30.9. The van der Waals surface area contributed by atoms with Gasteiger partial charge in [0, 0.05) is 54.5 Å². The van der Waals surface area contributed by atoms with Gasteiger partial charge in [-0.05, 0) is 49.9 Å². The lowest BCUT2D eigenvalue weighted by molar-refractivity contribution is -0.137. The molecule has 1 aliphatic heterocycles. The molecule has 1 saturated heterocycles. The average molecular weight is 633 g/mol. The Morgan fingerprint density at radius 3 is 2.26 bits per heavy atom. The molecule has 234 valence electrons. The molecule has 1 N–H and O–H groups in total. The highest BCUT2D eigenvalue weighted by Crippen LogP contribution is 2.46. The van der Waals surface area contributed by atoms with Crippen LogP contribution in [0.4, 0.5) is 11.4 Å². The van der Waals surface area contributed by atoms with E-state index in [1.807, 2.05) is 72.8 Å². The summed E-state index contributed by atoms with van der Waals surface area (Å²) in [5, 5.41) is 13.9. The third kappa shape index (κ3) is 6.93. The van der Waals surface area contributed by atoms with E-state index in [0.717, 1.165) is 75.1 Å². The lowest BCUT2D eigenvalue weighted by atomic mass is 9.96. The molecule has 0 radical (unpaired) electrons. The molecule has 1 aliphatic rings. The minimum Gasteiger partial charge on any atom is -0.497 e. The van der Waals surface area contributed by atoms with Crippen molar-refractivity contribution < 1.29 is 14.3 Å². The number of anilines is 1. The molecule has 0 atom stereocenters. The van der Waals surface area contributed by atoms with Gasteiger partial charge >= 0.3 is 5.97 Å². The number of ether oxygens (including phenoxy) is 2. The Morgan fingerprint density at radius 1 is 0.935 bits per heavy atom. The lowest BCUT2D eigenvalue weighted by Gasteiger charge is -2.34. The number of nitrogens with zero attached hydrogens (tertiary/aromatic N) is 5. The number of guanidine groups is 1. The fraction of sp³-hybridized carbons (Fsp3) is 0.222. The smallest absolute Gasteiger partial charge is 0.330 e. The van der Waals surface area contributed by atoms with E-state index < -0.39 is 5.97 Å². The van der Waals surface area contributed by atoms with E-state index in [2.05, 4.69) is 34.3 Å². The SMILES string of the molecule is CCOC(=O)/C=C/c1sc2nnc(-c3ccccc3)c(-c3ccccc3)c2c1N=C(Nc1ccc(OC)cc1)N1CCN(C)CC1. The summed E-state index contributed by atoms with van der Waals surface area (Å²) in [6.07, 6.45) is 3.22. The summed E-state index contributed by atoms with van der Waals surface area (Å²) >= 11 is 1.45. The first-order valence-electron chi connectivity index (χ1n) is 15.3. The Morgan fingerprint density at radius 2 is 1.61 bits per heavy atom. The van der Waals surface area contributed by atoms with Crippen LogP contribution in [-0.4, -0.2) is 78.9 Å². The number of esters is 1. The Labute approximate surface area is 272 Å². The number of aliphatic imine (C=N–C) groups is 1. The van der Waals surface area contributed by atoms with E-state index >= 15 is 0 Å². The van der Waals surface area contributed by atoms with Crippen LogP contribution in [-0.2, 0) is 9.53 Å². The quantitative estimate of drug-likeness (QED) is 0.0850. The first-order chi connectivity index (χ1) is 22.5. The summed E-state index contributed by atoms with van der Waals surface area (Å²) in [4.78, 5) is 23.9. The van der Waals surface area contributed by atoms with Crippen molar-refractivity contribution in [1.82, 2.24) is 20.0 Å². The molecule has 9 nitrogen and oxygen atoms in total. The zero-order valence-corrected chi connectivity index (χ0v) is 27.0. The van der Waals surface area contributed by atoms with E-state index in [1.54, 1.807) is 20.1 Å². The summed E-state index contributed by atoms with van der Waals surface area (Å²) in [5.74, 6) is 1.07. The number of rotatable bonds is 8. The van der Waals surface area contributed by atoms with Gasteiger partial charge in [-0.15, -0.1) is 21.5 Å². The van der Waals surface area contributed by atoms with Crippen molar-refractivity contribution >= 4 is 50.9 Å². The number of carbonyl (C=O) groups is 1. The molecule has 2 aromatic heterocycles. The highest BCUT2D eigenvalue weighted by Gasteiger charge is 2.24. The van der Waals surface area contributed by atoms with E-state index in [0.29, 0.717) is 18.3 Å². The molecule has 0 saturated carbocycles. The maximum Gasteiger partial charge on any atom is 0.330 e. The number of piperazine rings is 1. The fourth-order valence-electron chi connectivity index (χ4n) is 5.33. The van der Waals surface area contributed by atoms with Crippen LogP contribution >= 0.6 is 11.3 Å². The van der Waals surface area contributed by atoms with E-state index in [4.69, 9.17) is 24.7 Å². The molecule has 3 heterocycles. The fourth-order valence-corrected chi connectivity index (χ4v) is 6.31. The predicted octanol–water partition coefficient (Wildman–Crippen LogP) is 6.96. The monoisotopic (exact) mass is 632 g/mol. The largest absolute Gasteiger partial charge is 0.497 e. The van der Waals surface area contributed by atoms with Gasteiger partial charge in [-0.3, -0.25) is 0 Å². The number of hydrogen-bond acceptors (Lipinski definition) is 8. The van der Waals surface area contributed by atoms with Crippen molar-refractivity contribution in [2.45, 2.75) is 6.92 Å². The molecule has 5 aromatic rings. The van der Waals surface area contributed by atoms with Gasteiger partial charge in [0.15, 0.2) is 0 Å². The molecular weight excluding hydrogens is 597 g/mol. The molecular formula is C36H36N6O3S. The number of fused-ring (bicyclic) bond motifs is 1. The van der Waals surface area contributed by atoms with Crippen LogP contribution in [0.15, 0.2) is 96.0 Å². The molecule has 46 heavy (non-hydrogen) atoms. The number of hydrogen-bond donors (Lipinski definition) is 1. The second kappa shape index (κ2) is 14.4. The van der Waals surface area contributed by atoms with Crippen molar-refractivity contribution in [3.63, 3.8) is 0 Å². The minimum atomic E-state index is -0.412. The Balaban J connectivity index is 1.61. The van der Waals surface area contributed by atoms with Crippen LogP contribution in [0.25, 0.3) is 38.7 Å². The zero-order chi connectivity index (χ0) is 31.9. The van der Waals surface area contributed by atoms with Crippen LogP contribution in [0.1, 0.15) is 11.8 Å². The number of methoxy groups -OCH3 is 1. The predicted molar refractivity (Wildman–Crippen MR) is 187 cm³/mol. The highest BCUT2D eigenvalue weighted by atomic mass is 32.1. The van der Waals surface area contributed by atoms with Crippen LogP contribution < -0.4 is 10.1 Å². The highest BCUT2D eigenvalue weighted by molar-refractivity contribution is 7.20. The molecule has 0 unspecified atom stereocenters. The van der Waals surface area contributed by atoms with Crippen LogP contribution in [0.2, 0.25) is 0 Å². The zero-order valence-electron chi connectivity index (χ0n) is 26.1. The summed E-state index contributed by atoms with van der Waals surface area (Å²) < 4.78 is 10.6. The third-order valence-electron chi connectivity index (χ3n) is 7.75.